The molecule has 2 aliphatic rings. The number of carbonyl (C=O) groups is 2. The van der Waals surface area contributed by atoms with Crippen LogP contribution in [0, 0.1) is 5.92 Å². The van der Waals surface area contributed by atoms with Crippen LogP contribution in [0.3, 0.4) is 0 Å². The molecule has 3 rings (SSSR count). The quantitative estimate of drug-likeness (QED) is 0.793. The molecule has 0 spiro atoms. The third kappa shape index (κ3) is 2.97. The first-order chi connectivity index (χ1) is 11.0. The molecule has 2 amide bonds. The highest BCUT2D eigenvalue weighted by Gasteiger charge is 2.38. The number of nitrogens with zero attached hydrogens (tertiary/aromatic N) is 5. The van der Waals surface area contributed by atoms with Gasteiger partial charge in [-0.05, 0) is 14.0 Å². The lowest BCUT2D eigenvalue weighted by molar-refractivity contribution is -0.138. The van der Waals surface area contributed by atoms with Crippen molar-refractivity contribution in [3.63, 3.8) is 0 Å². The summed E-state index contributed by atoms with van der Waals surface area (Å²) in [6.45, 7) is 5.37. The Bertz CT molecular complexity index is 599. The molecule has 0 radical (unpaired) electrons. The van der Waals surface area contributed by atoms with E-state index in [1.54, 1.807) is 11.1 Å². The van der Waals surface area contributed by atoms with E-state index in [-0.39, 0.29) is 23.8 Å². The molecule has 7 nitrogen and oxygen atoms in total. The number of carbonyl (C=O) groups excluding carboxylic acids is 2. The minimum Gasteiger partial charge on any atom is -0.342 e. The first kappa shape index (κ1) is 16.0. The number of rotatable bonds is 3. The van der Waals surface area contributed by atoms with E-state index in [1.807, 2.05) is 29.6 Å². The van der Waals surface area contributed by atoms with E-state index in [0.717, 1.165) is 12.4 Å². The van der Waals surface area contributed by atoms with Crippen molar-refractivity contribution in [1.29, 1.82) is 0 Å². The van der Waals surface area contributed by atoms with Gasteiger partial charge in [0.2, 0.25) is 11.8 Å². The molecule has 7 heteroatoms. The number of likely N-dealkylation sites (N-methyl/N-ethyl adjacent to an activating group) is 1. The SMILES string of the molecule is CCN1C[C@@H](C(=O)N2CCN(C)[C@H](c3nccn3C)C2)CC1=O. The summed E-state index contributed by atoms with van der Waals surface area (Å²) < 4.78 is 2.01. The molecule has 0 N–H and O–H groups in total. The molecule has 0 aliphatic carbocycles. The minimum atomic E-state index is -0.187. The van der Waals surface area contributed by atoms with Gasteiger partial charge in [0.05, 0.1) is 12.0 Å². The molecule has 2 saturated heterocycles. The lowest BCUT2D eigenvalue weighted by atomic mass is 10.0. The summed E-state index contributed by atoms with van der Waals surface area (Å²) in [5.74, 6) is 0.998. The fourth-order valence-electron chi connectivity index (χ4n) is 3.55. The number of aromatic nitrogens is 2. The zero-order chi connectivity index (χ0) is 16.6. The molecule has 0 saturated carbocycles. The van der Waals surface area contributed by atoms with Gasteiger partial charge in [-0.2, -0.15) is 0 Å². The van der Waals surface area contributed by atoms with Crippen molar-refractivity contribution in [3.8, 4) is 0 Å². The fourth-order valence-corrected chi connectivity index (χ4v) is 3.55. The number of imidazole rings is 1. The first-order valence-electron chi connectivity index (χ1n) is 8.25. The molecule has 1 aromatic rings. The van der Waals surface area contributed by atoms with Crippen molar-refractivity contribution in [2.75, 3.05) is 39.8 Å². The van der Waals surface area contributed by atoms with Crippen LogP contribution in [0.1, 0.15) is 25.2 Å². The van der Waals surface area contributed by atoms with Gasteiger partial charge >= 0.3 is 0 Å². The predicted octanol–water partition coefficient (Wildman–Crippen LogP) is 0.104. The number of amides is 2. The smallest absolute Gasteiger partial charge is 0.228 e. The van der Waals surface area contributed by atoms with Crippen LogP contribution >= 0.6 is 0 Å². The number of piperazine rings is 1. The van der Waals surface area contributed by atoms with Crippen LogP contribution in [0.25, 0.3) is 0 Å². The van der Waals surface area contributed by atoms with Crippen molar-refractivity contribution in [1.82, 2.24) is 24.3 Å². The van der Waals surface area contributed by atoms with Crippen LogP contribution in [0.5, 0.6) is 0 Å². The van der Waals surface area contributed by atoms with E-state index in [4.69, 9.17) is 0 Å². The van der Waals surface area contributed by atoms with Crippen LogP contribution in [-0.4, -0.2) is 75.8 Å². The summed E-state index contributed by atoms with van der Waals surface area (Å²) >= 11 is 0. The summed E-state index contributed by atoms with van der Waals surface area (Å²) in [6, 6.07) is 0.104. The lowest BCUT2D eigenvalue weighted by Crippen LogP contribution is -2.51. The Morgan fingerprint density at radius 1 is 1.30 bits per heavy atom. The Hall–Kier alpha value is -1.89. The first-order valence-corrected chi connectivity index (χ1v) is 8.25. The van der Waals surface area contributed by atoms with Crippen LogP contribution < -0.4 is 0 Å². The Morgan fingerprint density at radius 3 is 2.70 bits per heavy atom. The molecule has 0 aromatic carbocycles. The molecular formula is C16H25N5O2. The monoisotopic (exact) mass is 319 g/mol. The third-order valence-corrected chi connectivity index (χ3v) is 5.06. The number of aryl methyl sites for hydroxylation is 1. The van der Waals surface area contributed by atoms with E-state index in [9.17, 15) is 9.59 Å². The summed E-state index contributed by atoms with van der Waals surface area (Å²) in [5, 5.41) is 0. The number of likely N-dealkylation sites (tertiary alicyclic amines) is 1. The zero-order valence-electron chi connectivity index (χ0n) is 14.1. The largest absolute Gasteiger partial charge is 0.342 e. The minimum absolute atomic E-state index is 0.0978. The Kier molecular flexibility index (Phi) is 4.39. The number of hydrogen-bond acceptors (Lipinski definition) is 4. The maximum absolute atomic E-state index is 12.8. The van der Waals surface area contributed by atoms with Crippen LogP contribution in [0.15, 0.2) is 12.4 Å². The van der Waals surface area contributed by atoms with Gasteiger partial charge in [-0.15, -0.1) is 0 Å². The normalized spacial score (nSPS) is 26.1. The van der Waals surface area contributed by atoms with Gasteiger partial charge in [-0.25, -0.2) is 4.98 Å². The second-order valence-corrected chi connectivity index (χ2v) is 6.51. The Labute approximate surface area is 136 Å². The summed E-state index contributed by atoms with van der Waals surface area (Å²) in [6.07, 6.45) is 4.07. The Balaban J connectivity index is 1.70. The van der Waals surface area contributed by atoms with Gasteiger partial charge in [0.15, 0.2) is 0 Å². The van der Waals surface area contributed by atoms with Crippen LogP contribution in [-0.2, 0) is 16.6 Å². The molecule has 0 bridgehead atoms. The lowest BCUT2D eigenvalue weighted by Gasteiger charge is -2.39. The van der Waals surface area contributed by atoms with E-state index >= 15 is 0 Å². The van der Waals surface area contributed by atoms with Gasteiger partial charge in [0, 0.05) is 58.6 Å². The average Bonchev–Trinajstić information content (AvgIpc) is 3.13. The summed E-state index contributed by atoms with van der Waals surface area (Å²) in [5.41, 5.74) is 0. The van der Waals surface area contributed by atoms with E-state index in [0.29, 0.717) is 32.6 Å². The summed E-state index contributed by atoms with van der Waals surface area (Å²) in [4.78, 5) is 35.1. The summed E-state index contributed by atoms with van der Waals surface area (Å²) in [7, 11) is 4.05. The predicted molar refractivity (Wildman–Crippen MR) is 85.5 cm³/mol. The molecule has 2 fully saturated rings. The fraction of sp³-hybridized carbons (Fsp3) is 0.688. The molecule has 2 aliphatic heterocycles. The second kappa shape index (κ2) is 6.31. The molecule has 0 unspecified atom stereocenters. The van der Waals surface area contributed by atoms with Gasteiger partial charge in [-0.1, -0.05) is 0 Å². The number of hydrogen-bond donors (Lipinski definition) is 0. The van der Waals surface area contributed by atoms with Gasteiger partial charge in [-0.3, -0.25) is 14.5 Å². The van der Waals surface area contributed by atoms with Gasteiger partial charge in [0.25, 0.3) is 0 Å². The maximum Gasteiger partial charge on any atom is 0.228 e. The highest BCUT2D eigenvalue weighted by molar-refractivity contribution is 5.89. The zero-order valence-corrected chi connectivity index (χ0v) is 14.1. The van der Waals surface area contributed by atoms with Gasteiger partial charge < -0.3 is 14.4 Å². The maximum atomic E-state index is 12.8. The van der Waals surface area contributed by atoms with Crippen LogP contribution in [0.2, 0.25) is 0 Å². The van der Waals surface area contributed by atoms with Crippen molar-refractivity contribution in [3.05, 3.63) is 18.2 Å². The second-order valence-electron chi connectivity index (χ2n) is 6.51. The van der Waals surface area contributed by atoms with E-state index in [1.165, 1.54) is 0 Å². The molecule has 23 heavy (non-hydrogen) atoms. The third-order valence-electron chi connectivity index (χ3n) is 5.06. The van der Waals surface area contributed by atoms with Crippen molar-refractivity contribution >= 4 is 11.8 Å². The highest BCUT2D eigenvalue weighted by Crippen LogP contribution is 2.26. The topological polar surface area (TPSA) is 61.7 Å². The molecule has 3 heterocycles. The van der Waals surface area contributed by atoms with Crippen LogP contribution in [0.4, 0.5) is 0 Å². The Morgan fingerprint density at radius 2 is 2.09 bits per heavy atom. The molecular weight excluding hydrogens is 294 g/mol. The van der Waals surface area contributed by atoms with E-state index in [2.05, 4.69) is 16.9 Å². The van der Waals surface area contributed by atoms with Crippen molar-refractivity contribution in [2.45, 2.75) is 19.4 Å². The molecule has 126 valence electrons. The van der Waals surface area contributed by atoms with Crippen molar-refractivity contribution < 1.29 is 9.59 Å². The average molecular weight is 319 g/mol. The van der Waals surface area contributed by atoms with Crippen molar-refractivity contribution in [2.24, 2.45) is 13.0 Å². The van der Waals surface area contributed by atoms with E-state index < -0.39 is 0 Å². The molecule has 1 aromatic heterocycles. The van der Waals surface area contributed by atoms with Gasteiger partial charge in [0.1, 0.15) is 5.82 Å². The highest BCUT2D eigenvalue weighted by atomic mass is 16.2. The standard InChI is InChI=1S/C16H25N5O2/c1-4-20-10-12(9-14(20)22)16(23)21-8-7-18(2)13(11-21)15-17-5-6-19(15)3/h5-6,12-13H,4,7-11H2,1-3H3/t12-,13-/m0/s1. The molecule has 2 atom stereocenters.